The molecule has 68 valence electrons. The van der Waals surface area contributed by atoms with Crippen molar-refractivity contribution in [1.29, 1.82) is 5.26 Å². The van der Waals surface area contributed by atoms with Crippen molar-refractivity contribution in [3.63, 3.8) is 0 Å². The Kier molecular flexibility index (Phi) is 5.06. The molecule has 0 unspecified atom stereocenters. The van der Waals surface area contributed by atoms with E-state index in [0.29, 0.717) is 11.3 Å². The minimum Gasteiger partial charge on any atom is -0.358 e. The van der Waals surface area contributed by atoms with Crippen LogP contribution in [0.2, 0.25) is 0 Å². The lowest BCUT2D eigenvalue weighted by molar-refractivity contribution is 0.985. The van der Waals surface area contributed by atoms with Crippen molar-refractivity contribution >= 4 is 0 Å². The van der Waals surface area contributed by atoms with E-state index in [0.717, 1.165) is 5.70 Å². The Labute approximate surface area is 79.6 Å². The van der Waals surface area contributed by atoms with Gasteiger partial charge in [0.05, 0.1) is 11.3 Å². The molecule has 0 bridgehead atoms. The molecule has 0 fully saturated rings. The lowest BCUT2D eigenvalue weighted by atomic mass is 10.2. The van der Waals surface area contributed by atoms with Gasteiger partial charge in [0.25, 0.3) is 0 Å². The van der Waals surface area contributed by atoms with Crippen LogP contribution in [0.5, 0.6) is 0 Å². The van der Waals surface area contributed by atoms with E-state index < -0.39 is 0 Å². The molecule has 0 rings (SSSR count). The van der Waals surface area contributed by atoms with E-state index in [4.69, 9.17) is 5.26 Å². The SMILES string of the molecule is C=C/C=C(\N/C(C)=C\C)C(=C)C#N. The summed E-state index contributed by atoms with van der Waals surface area (Å²) in [7, 11) is 0. The minimum atomic E-state index is 0.404. The standard InChI is InChI=1S/C11H14N2/c1-5-7-11(9(3)8-12)13-10(4)6-2/h5-7,13H,1,3H2,2,4H3/b10-6-,11-7-. The van der Waals surface area contributed by atoms with Crippen LogP contribution in [0.25, 0.3) is 0 Å². The zero-order valence-corrected chi connectivity index (χ0v) is 8.09. The number of nitrogens with zero attached hydrogens (tertiary/aromatic N) is 1. The molecule has 0 atom stereocenters. The zero-order valence-electron chi connectivity index (χ0n) is 8.09. The van der Waals surface area contributed by atoms with Crippen LogP contribution >= 0.6 is 0 Å². The van der Waals surface area contributed by atoms with Gasteiger partial charge in [-0.05, 0) is 19.9 Å². The van der Waals surface area contributed by atoms with Crippen LogP contribution in [0, 0.1) is 11.3 Å². The summed E-state index contributed by atoms with van der Waals surface area (Å²) in [4.78, 5) is 0. The fourth-order valence-corrected chi connectivity index (χ4v) is 0.680. The van der Waals surface area contributed by atoms with E-state index >= 15 is 0 Å². The highest BCUT2D eigenvalue weighted by Crippen LogP contribution is 2.05. The molecule has 13 heavy (non-hydrogen) atoms. The number of allylic oxidation sites excluding steroid dienone is 5. The third-order valence-electron chi connectivity index (χ3n) is 1.51. The Morgan fingerprint density at radius 1 is 1.54 bits per heavy atom. The second-order valence-electron chi connectivity index (χ2n) is 2.50. The maximum absolute atomic E-state index is 8.63. The molecule has 0 aromatic heterocycles. The largest absolute Gasteiger partial charge is 0.358 e. The van der Waals surface area contributed by atoms with Gasteiger partial charge in [-0.1, -0.05) is 25.3 Å². The molecule has 0 aromatic carbocycles. The maximum atomic E-state index is 8.63. The summed E-state index contributed by atoms with van der Waals surface area (Å²) in [5.74, 6) is 0. The highest BCUT2D eigenvalue weighted by Gasteiger charge is 1.99. The van der Waals surface area contributed by atoms with Gasteiger partial charge in [-0.15, -0.1) is 0 Å². The van der Waals surface area contributed by atoms with Gasteiger partial charge in [0.1, 0.15) is 6.07 Å². The van der Waals surface area contributed by atoms with Crippen molar-refractivity contribution in [1.82, 2.24) is 5.32 Å². The predicted octanol–water partition coefficient (Wildman–Crippen LogP) is 2.65. The summed E-state index contributed by atoms with van der Waals surface area (Å²) in [5.41, 5.74) is 2.07. The summed E-state index contributed by atoms with van der Waals surface area (Å²) in [6.07, 6.45) is 5.26. The van der Waals surface area contributed by atoms with Gasteiger partial charge in [0.2, 0.25) is 0 Å². The molecule has 0 saturated heterocycles. The molecular weight excluding hydrogens is 160 g/mol. The fourth-order valence-electron chi connectivity index (χ4n) is 0.680. The Balaban J connectivity index is 4.67. The Bertz CT molecular complexity index is 301. The first-order valence-corrected chi connectivity index (χ1v) is 3.97. The summed E-state index contributed by atoms with van der Waals surface area (Å²) < 4.78 is 0. The summed E-state index contributed by atoms with van der Waals surface area (Å²) in [5, 5.41) is 11.7. The van der Waals surface area contributed by atoms with Crippen LogP contribution in [0.3, 0.4) is 0 Å². The van der Waals surface area contributed by atoms with Crippen LogP contribution in [-0.4, -0.2) is 0 Å². The third-order valence-corrected chi connectivity index (χ3v) is 1.51. The first-order chi connectivity index (χ1) is 6.15. The Morgan fingerprint density at radius 2 is 2.15 bits per heavy atom. The monoisotopic (exact) mass is 174 g/mol. The van der Waals surface area contributed by atoms with Crippen LogP contribution in [0.1, 0.15) is 13.8 Å². The average Bonchev–Trinajstić information content (AvgIpc) is 2.15. The summed E-state index contributed by atoms with van der Waals surface area (Å²) >= 11 is 0. The van der Waals surface area contributed by atoms with Crippen molar-refractivity contribution in [2.75, 3.05) is 0 Å². The van der Waals surface area contributed by atoms with Crippen LogP contribution in [0.15, 0.2) is 48.4 Å². The number of rotatable bonds is 4. The molecule has 0 amide bonds. The topological polar surface area (TPSA) is 35.8 Å². The van der Waals surface area contributed by atoms with Gasteiger partial charge in [-0.2, -0.15) is 5.26 Å². The average molecular weight is 174 g/mol. The number of nitrogens with one attached hydrogen (secondary N) is 1. The second-order valence-corrected chi connectivity index (χ2v) is 2.50. The molecule has 2 heteroatoms. The van der Waals surface area contributed by atoms with Gasteiger partial charge in [-0.3, -0.25) is 0 Å². The lowest BCUT2D eigenvalue weighted by Gasteiger charge is -2.08. The van der Waals surface area contributed by atoms with Gasteiger partial charge >= 0.3 is 0 Å². The van der Waals surface area contributed by atoms with Crippen molar-refractivity contribution in [2.24, 2.45) is 0 Å². The van der Waals surface area contributed by atoms with Gasteiger partial charge in [-0.25, -0.2) is 0 Å². The Morgan fingerprint density at radius 3 is 2.54 bits per heavy atom. The fraction of sp³-hybridized carbons (Fsp3) is 0.182. The quantitative estimate of drug-likeness (QED) is 0.525. The molecular formula is C11H14N2. The molecule has 0 aromatic rings. The molecule has 0 aliphatic heterocycles. The van der Waals surface area contributed by atoms with E-state index in [2.05, 4.69) is 18.5 Å². The highest BCUT2D eigenvalue weighted by atomic mass is 14.9. The molecule has 0 radical (unpaired) electrons. The predicted molar refractivity (Wildman–Crippen MR) is 55.6 cm³/mol. The molecule has 2 nitrogen and oxygen atoms in total. The van der Waals surface area contributed by atoms with E-state index in [1.165, 1.54) is 0 Å². The normalized spacial score (nSPS) is 11.8. The number of hydrogen-bond donors (Lipinski definition) is 1. The van der Waals surface area contributed by atoms with E-state index in [1.54, 1.807) is 12.2 Å². The number of hydrogen-bond acceptors (Lipinski definition) is 2. The van der Waals surface area contributed by atoms with Crippen molar-refractivity contribution < 1.29 is 0 Å². The van der Waals surface area contributed by atoms with Crippen molar-refractivity contribution in [3.8, 4) is 6.07 Å². The summed E-state index contributed by atoms with van der Waals surface area (Å²) in [6.45, 7) is 11.0. The van der Waals surface area contributed by atoms with E-state index in [-0.39, 0.29) is 0 Å². The zero-order chi connectivity index (χ0) is 10.3. The molecule has 0 heterocycles. The number of nitriles is 1. The first-order valence-electron chi connectivity index (χ1n) is 3.97. The molecule has 0 aliphatic rings. The van der Waals surface area contributed by atoms with Crippen molar-refractivity contribution in [2.45, 2.75) is 13.8 Å². The lowest BCUT2D eigenvalue weighted by Crippen LogP contribution is -2.11. The Hall–Kier alpha value is -1.75. The van der Waals surface area contributed by atoms with E-state index in [9.17, 15) is 0 Å². The summed E-state index contributed by atoms with van der Waals surface area (Å²) in [6, 6.07) is 1.98. The maximum Gasteiger partial charge on any atom is 0.101 e. The van der Waals surface area contributed by atoms with Crippen molar-refractivity contribution in [3.05, 3.63) is 48.4 Å². The van der Waals surface area contributed by atoms with Gasteiger partial charge in [0, 0.05) is 5.70 Å². The molecule has 0 saturated carbocycles. The second kappa shape index (κ2) is 5.84. The molecule has 1 N–H and O–H groups in total. The van der Waals surface area contributed by atoms with E-state index in [1.807, 2.05) is 26.0 Å². The third kappa shape index (κ3) is 3.97. The van der Waals surface area contributed by atoms with Crippen LogP contribution < -0.4 is 5.32 Å². The highest BCUT2D eigenvalue weighted by molar-refractivity contribution is 5.41. The smallest absolute Gasteiger partial charge is 0.101 e. The van der Waals surface area contributed by atoms with Gasteiger partial charge < -0.3 is 5.32 Å². The minimum absolute atomic E-state index is 0.404. The molecule has 0 spiro atoms. The van der Waals surface area contributed by atoms with Gasteiger partial charge in [0.15, 0.2) is 0 Å². The van der Waals surface area contributed by atoms with Crippen LogP contribution in [-0.2, 0) is 0 Å². The molecule has 0 aliphatic carbocycles. The first kappa shape index (κ1) is 11.2. The van der Waals surface area contributed by atoms with Crippen LogP contribution in [0.4, 0.5) is 0 Å².